The Kier molecular flexibility index (Phi) is 2.38. The Morgan fingerprint density at radius 1 is 1.55 bits per heavy atom. The molecule has 5 heteroatoms. The average Bonchev–Trinajstić information content (AvgIpc) is 1.94. The van der Waals surface area contributed by atoms with E-state index >= 15 is 0 Å². The van der Waals surface area contributed by atoms with Crippen molar-refractivity contribution in [3.63, 3.8) is 0 Å². The van der Waals surface area contributed by atoms with Gasteiger partial charge in [-0.25, -0.2) is 13.8 Å². The van der Waals surface area contributed by atoms with Gasteiger partial charge < -0.3 is 5.73 Å². The summed E-state index contributed by atoms with van der Waals surface area (Å²) in [5.74, 6) is 0.0859. The van der Waals surface area contributed by atoms with Crippen LogP contribution in [-0.4, -0.2) is 4.98 Å². The van der Waals surface area contributed by atoms with E-state index in [0.717, 1.165) is 0 Å². The van der Waals surface area contributed by atoms with Crippen molar-refractivity contribution < 1.29 is 8.78 Å². The number of halogens is 3. The molecule has 2 nitrogen and oxygen atoms in total. The summed E-state index contributed by atoms with van der Waals surface area (Å²) in [6.07, 6.45) is -1.27. The number of hydrogen-bond donors (Lipinski definition) is 1. The summed E-state index contributed by atoms with van der Waals surface area (Å²) in [7, 11) is 0. The second kappa shape index (κ2) is 3.13. The van der Waals surface area contributed by atoms with Crippen molar-refractivity contribution >= 4 is 21.7 Å². The second-order valence-corrected chi connectivity index (χ2v) is 2.69. The molecule has 0 aliphatic carbocycles. The number of nitrogens with zero attached hydrogens (tertiary/aromatic N) is 1. The lowest BCUT2D eigenvalue weighted by Gasteiger charge is -2.03. The van der Waals surface area contributed by atoms with E-state index < -0.39 is 6.43 Å². The normalized spacial score (nSPS) is 10.5. The van der Waals surface area contributed by atoms with Gasteiger partial charge in [0.15, 0.2) is 0 Å². The van der Waals surface area contributed by atoms with Crippen LogP contribution in [0.5, 0.6) is 0 Å². The van der Waals surface area contributed by atoms with Crippen LogP contribution in [0.25, 0.3) is 0 Å². The van der Waals surface area contributed by atoms with E-state index in [2.05, 4.69) is 20.9 Å². The highest BCUT2D eigenvalue weighted by Gasteiger charge is 2.12. The van der Waals surface area contributed by atoms with Crippen LogP contribution in [0.15, 0.2) is 16.7 Å². The summed E-state index contributed by atoms with van der Waals surface area (Å²) < 4.78 is 24.4. The number of hydrogen-bond acceptors (Lipinski definition) is 2. The molecule has 0 atom stereocenters. The third-order valence-corrected chi connectivity index (χ3v) is 2.05. The second-order valence-electron chi connectivity index (χ2n) is 1.90. The monoisotopic (exact) mass is 222 g/mol. The molecule has 0 radical (unpaired) electrons. The standard InChI is InChI=1S/C6H5BrF2N2/c7-4-3(5(8)9)1-2-11-6(4)10/h1-2,5H,(H2,10,11). The van der Waals surface area contributed by atoms with E-state index in [0.29, 0.717) is 0 Å². The molecule has 1 aromatic heterocycles. The molecule has 1 rings (SSSR count). The molecule has 11 heavy (non-hydrogen) atoms. The summed E-state index contributed by atoms with van der Waals surface area (Å²) in [5.41, 5.74) is 5.14. The van der Waals surface area contributed by atoms with Crippen molar-refractivity contribution in [2.75, 3.05) is 5.73 Å². The van der Waals surface area contributed by atoms with Crippen molar-refractivity contribution in [3.8, 4) is 0 Å². The molecule has 0 amide bonds. The Balaban J connectivity index is 3.17. The summed E-state index contributed by atoms with van der Waals surface area (Å²) in [5, 5.41) is 0. The number of alkyl halides is 2. The highest BCUT2D eigenvalue weighted by atomic mass is 79.9. The number of nitrogen functional groups attached to an aromatic ring is 1. The number of aromatic nitrogens is 1. The molecule has 0 unspecified atom stereocenters. The average molecular weight is 223 g/mol. The SMILES string of the molecule is Nc1nccc(C(F)F)c1Br. The topological polar surface area (TPSA) is 38.9 Å². The maximum atomic E-state index is 12.1. The zero-order valence-electron chi connectivity index (χ0n) is 5.39. The maximum absolute atomic E-state index is 12.1. The minimum absolute atomic E-state index is 0.0859. The first-order valence-electron chi connectivity index (χ1n) is 2.81. The predicted octanol–water partition coefficient (Wildman–Crippen LogP) is 2.36. The predicted molar refractivity (Wildman–Crippen MR) is 41.3 cm³/mol. The number of nitrogens with two attached hydrogens (primary N) is 1. The van der Waals surface area contributed by atoms with Gasteiger partial charge in [0.2, 0.25) is 0 Å². The van der Waals surface area contributed by atoms with Crippen molar-refractivity contribution in [3.05, 3.63) is 22.3 Å². The van der Waals surface area contributed by atoms with Crippen LogP contribution in [0.3, 0.4) is 0 Å². The summed E-state index contributed by atoms with van der Waals surface area (Å²) >= 11 is 2.91. The lowest BCUT2D eigenvalue weighted by atomic mass is 10.3. The van der Waals surface area contributed by atoms with Gasteiger partial charge in [0.05, 0.1) is 4.47 Å². The van der Waals surface area contributed by atoms with E-state index in [4.69, 9.17) is 5.73 Å². The summed E-state index contributed by atoms with van der Waals surface area (Å²) in [6.45, 7) is 0. The highest BCUT2D eigenvalue weighted by Crippen LogP contribution is 2.29. The molecule has 0 spiro atoms. The lowest BCUT2D eigenvalue weighted by Crippen LogP contribution is -1.95. The van der Waals surface area contributed by atoms with Crippen LogP contribution < -0.4 is 5.73 Å². The molecule has 0 fully saturated rings. The Morgan fingerprint density at radius 3 is 2.64 bits per heavy atom. The van der Waals surface area contributed by atoms with Crippen LogP contribution in [-0.2, 0) is 0 Å². The Bertz CT molecular complexity index is 265. The van der Waals surface area contributed by atoms with Gasteiger partial charge in [-0.15, -0.1) is 0 Å². The van der Waals surface area contributed by atoms with Crippen molar-refractivity contribution in [1.29, 1.82) is 0 Å². The van der Waals surface area contributed by atoms with Crippen molar-refractivity contribution in [2.24, 2.45) is 0 Å². The molecule has 1 aromatic rings. The van der Waals surface area contributed by atoms with Gasteiger partial charge in [-0.1, -0.05) is 0 Å². The van der Waals surface area contributed by atoms with E-state index in [1.165, 1.54) is 12.3 Å². The lowest BCUT2D eigenvalue weighted by molar-refractivity contribution is 0.150. The molecule has 60 valence electrons. The van der Waals surface area contributed by atoms with Gasteiger partial charge in [-0.3, -0.25) is 0 Å². The molecule has 1 heterocycles. The van der Waals surface area contributed by atoms with E-state index in [1.54, 1.807) is 0 Å². The summed E-state index contributed by atoms with van der Waals surface area (Å²) in [6, 6.07) is 1.23. The fourth-order valence-corrected chi connectivity index (χ4v) is 1.05. The smallest absolute Gasteiger partial charge is 0.265 e. The Labute approximate surface area is 70.6 Å². The fraction of sp³-hybridized carbons (Fsp3) is 0.167. The number of pyridine rings is 1. The van der Waals surface area contributed by atoms with E-state index in [-0.39, 0.29) is 15.9 Å². The molecule has 0 aliphatic heterocycles. The van der Waals surface area contributed by atoms with Gasteiger partial charge >= 0.3 is 0 Å². The molecule has 0 saturated carbocycles. The maximum Gasteiger partial charge on any atom is 0.265 e. The fourth-order valence-electron chi connectivity index (χ4n) is 0.644. The van der Waals surface area contributed by atoms with Crippen LogP contribution in [0, 0.1) is 0 Å². The van der Waals surface area contributed by atoms with Crippen LogP contribution in [0.1, 0.15) is 12.0 Å². The van der Waals surface area contributed by atoms with Crippen LogP contribution >= 0.6 is 15.9 Å². The van der Waals surface area contributed by atoms with E-state index in [1.807, 2.05) is 0 Å². The van der Waals surface area contributed by atoms with Gasteiger partial charge in [-0.05, 0) is 22.0 Å². The Hall–Kier alpha value is -0.710. The molecule has 2 N–H and O–H groups in total. The van der Waals surface area contributed by atoms with Crippen molar-refractivity contribution in [2.45, 2.75) is 6.43 Å². The molecule has 0 aromatic carbocycles. The van der Waals surface area contributed by atoms with Gasteiger partial charge in [0, 0.05) is 11.8 Å². The van der Waals surface area contributed by atoms with Gasteiger partial charge in [0.1, 0.15) is 5.82 Å². The number of anilines is 1. The quantitative estimate of drug-likeness (QED) is 0.793. The molecule has 0 saturated heterocycles. The first-order chi connectivity index (χ1) is 5.13. The largest absolute Gasteiger partial charge is 0.383 e. The van der Waals surface area contributed by atoms with Gasteiger partial charge in [0.25, 0.3) is 6.43 Å². The molecular formula is C6H5BrF2N2. The summed E-state index contributed by atoms with van der Waals surface area (Å²) in [4.78, 5) is 3.62. The van der Waals surface area contributed by atoms with Gasteiger partial charge in [-0.2, -0.15) is 0 Å². The van der Waals surface area contributed by atoms with Crippen molar-refractivity contribution in [1.82, 2.24) is 4.98 Å². The van der Waals surface area contributed by atoms with Crippen LogP contribution in [0.2, 0.25) is 0 Å². The van der Waals surface area contributed by atoms with Crippen LogP contribution in [0.4, 0.5) is 14.6 Å². The third kappa shape index (κ3) is 1.65. The Morgan fingerprint density at radius 2 is 2.18 bits per heavy atom. The molecule has 0 bridgehead atoms. The first-order valence-corrected chi connectivity index (χ1v) is 3.60. The molecule has 0 aliphatic rings. The number of rotatable bonds is 1. The zero-order valence-corrected chi connectivity index (χ0v) is 6.98. The third-order valence-electron chi connectivity index (χ3n) is 1.18. The molecular weight excluding hydrogens is 218 g/mol. The van der Waals surface area contributed by atoms with E-state index in [9.17, 15) is 8.78 Å². The first kappa shape index (κ1) is 8.39. The highest BCUT2D eigenvalue weighted by molar-refractivity contribution is 9.10. The minimum Gasteiger partial charge on any atom is -0.383 e. The zero-order chi connectivity index (χ0) is 8.43. The minimum atomic E-state index is -2.52.